The summed E-state index contributed by atoms with van der Waals surface area (Å²) in [4.78, 5) is 4.62. The van der Waals surface area contributed by atoms with E-state index >= 15 is 0 Å². The first kappa shape index (κ1) is 22.4. The van der Waals surface area contributed by atoms with E-state index in [1.54, 1.807) is 0 Å². The van der Waals surface area contributed by atoms with E-state index in [-0.39, 0.29) is 24.0 Å². The van der Waals surface area contributed by atoms with Crippen LogP contribution in [0.3, 0.4) is 0 Å². The van der Waals surface area contributed by atoms with E-state index in [9.17, 15) is 5.11 Å². The van der Waals surface area contributed by atoms with Crippen molar-refractivity contribution in [3.8, 4) is 5.75 Å². The lowest BCUT2D eigenvalue weighted by Crippen LogP contribution is -2.37. The van der Waals surface area contributed by atoms with Crippen molar-refractivity contribution in [2.45, 2.75) is 40.2 Å². The van der Waals surface area contributed by atoms with Crippen LogP contribution in [0, 0.1) is 13.8 Å². The quantitative estimate of drug-likeness (QED) is 0.244. The van der Waals surface area contributed by atoms with Crippen molar-refractivity contribution in [2.75, 3.05) is 25.1 Å². The molecule has 0 unspecified atom stereocenters. The van der Waals surface area contributed by atoms with E-state index < -0.39 is 0 Å². The molecule has 0 aromatic heterocycles. The number of nitrogens with one attached hydrogen (secondary N) is 2. The van der Waals surface area contributed by atoms with Crippen LogP contribution in [-0.2, 0) is 6.54 Å². The molecule has 0 aliphatic carbocycles. The van der Waals surface area contributed by atoms with E-state index in [1.807, 2.05) is 37.7 Å². The highest BCUT2D eigenvalue weighted by Crippen LogP contribution is 2.23. The van der Waals surface area contributed by atoms with Crippen LogP contribution in [0.2, 0.25) is 0 Å². The lowest BCUT2D eigenvalue weighted by atomic mass is 10.1. The number of thioether (sulfide) groups is 1. The van der Waals surface area contributed by atoms with Crippen LogP contribution in [-0.4, -0.2) is 36.2 Å². The predicted molar refractivity (Wildman–Crippen MR) is 113 cm³/mol. The third-order valence-corrected chi connectivity index (χ3v) is 4.08. The number of hydrogen-bond donors (Lipinski definition) is 3. The van der Waals surface area contributed by atoms with Crippen LogP contribution in [0.4, 0.5) is 0 Å². The maximum Gasteiger partial charge on any atom is 0.191 e. The molecule has 0 saturated carbocycles. The first-order chi connectivity index (χ1) is 10.6. The van der Waals surface area contributed by atoms with Crippen molar-refractivity contribution in [1.29, 1.82) is 0 Å². The fourth-order valence-electron chi connectivity index (χ4n) is 2.23. The van der Waals surface area contributed by atoms with Crippen molar-refractivity contribution in [2.24, 2.45) is 4.99 Å². The van der Waals surface area contributed by atoms with Crippen LogP contribution in [0.5, 0.6) is 5.75 Å². The zero-order chi connectivity index (χ0) is 16.4. The number of aryl methyl sites for hydroxylation is 2. The molecule has 132 valence electrons. The number of rotatable bonds is 8. The minimum atomic E-state index is 0. The first-order valence-electron chi connectivity index (χ1n) is 7.88. The molecule has 0 atom stereocenters. The number of phenolic OH excluding ortho intramolecular Hbond substituents is 1. The Bertz CT molecular complexity index is 472. The molecule has 0 fully saturated rings. The minimum absolute atomic E-state index is 0. The molecule has 0 saturated heterocycles. The molecule has 0 amide bonds. The van der Waals surface area contributed by atoms with Crippen molar-refractivity contribution in [3.63, 3.8) is 0 Å². The van der Waals surface area contributed by atoms with Crippen LogP contribution in [0.25, 0.3) is 0 Å². The second-order valence-electron chi connectivity index (χ2n) is 5.40. The summed E-state index contributed by atoms with van der Waals surface area (Å²) in [6.07, 6.45) is 4.52. The third-order valence-electron chi connectivity index (χ3n) is 3.38. The monoisotopic (exact) mass is 451 g/mol. The molecule has 3 N–H and O–H groups in total. The highest BCUT2D eigenvalue weighted by atomic mass is 127. The van der Waals surface area contributed by atoms with Gasteiger partial charge in [0.2, 0.25) is 0 Å². The Balaban J connectivity index is 0.00000484. The van der Waals surface area contributed by atoms with Crippen molar-refractivity contribution < 1.29 is 5.11 Å². The first-order valence-corrected chi connectivity index (χ1v) is 9.28. The second-order valence-corrected chi connectivity index (χ2v) is 6.39. The van der Waals surface area contributed by atoms with E-state index in [1.165, 1.54) is 12.2 Å². The normalized spacial score (nSPS) is 11.0. The molecule has 1 aromatic carbocycles. The summed E-state index contributed by atoms with van der Waals surface area (Å²) in [7, 11) is 0. The molecule has 23 heavy (non-hydrogen) atoms. The zero-order valence-electron chi connectivity index (χ0n) is 14.6. The second kappa shape index (κ2) is 12.8. The van der Waals surface area contributed by atoms with Gasteiger partial charge in [0.05, 0.1) is 6.54 Å². The fraction of sp³-hybridized carbons (Fsp3) is 0.588. The average Bonchev–Trinajstić information content (AvgIpc) is 2.49. The van der Waals surface area contributed by atoms with Gasteiger partial charge in [0.1, 0.15) is 5.75 Å². The Hall–Kier alpha value is -0.630. The minimum Gasteiger partial charge on any atom is -0.507 e. The molecule has 1 aromatic rings. The van der Waals surface area contributed by atoms with Gasteiger partial charge in [-0.05, 0) is 62.3 Å². The molecule has 0 spiro atoms. The summed E-state index contributed by atoms with van der Waals surface area (Å²) < 4.78 is 0. The van der Waals surface area contributed by atoms with Crippen LogP contribution < -0.4 is 10.6 Å². The third kappa shape index (κ3) is 8.69. The van der Waals surface area contributed by atoms with Crippen LogP contribution in [0.1, 0.15) is 36.5 Å². The van der Waals surface area contributed by atoms with E-state index in [0.29, 0.717) is 12.3 Å². The van der Waals surface area contributed by atoms with E-state index in [0.717, 1.165) is 42.2 Å². The molecule has 4 nitrogen and oxygen atoms in total. The Kier molecular flexibility index (Phi) is 12.4. The summed E-state index contributed by atoms with van der Waals surface area (Å²) in [5.41, 5.74) is 2.92. The molecule has 0 radical (unpaired) electrons. The maximum atomic E-state index is 9.82. The number of aromatic hydroxyl groups is 1. The van der Waals surface area contributed by atoms with Crippen LogP contribution >= 0.6 is 35.7 Å². The Labute approximate surface area is 162 Å². The molecule has 6 heteroatoms. The largest absolute Gasteiger partial charge is 0.507 e. The van der Waals surface area contributed by atoms with Gasteiger partial charge in [-0.25, -0.2) is 4.99 Å². The Morgan fingerprint density at radius 3 is 2.39 bits per heavy atom. The van der Waals surface area contributed by atoms with Crippen molar-refractivity contribution in [3.05, 3.63) is 28.8 Å². The summed E-state index contributed by atoms with van der Waals surface area (Å²) in [5, 5.41) is 16.5. The summed E-state index contributed by atoms with van der Waals surface area (Å²) in [6, 6.07) is 3.99. The molecule has 0 heterocycles. The van der Waals surface area contributed by atoms with Gasteiger partial charge in [-0.2, -0.15) is 11.8 Å². The van der Waals surface area contributed by atoms with Gasteiger partial charge in [-0.1, -0.05) is 12.1 Å². The number of aliphatic imine (C=N–C) groups is 1. The summed E-state index contributed by atoms with van der Waals surface area (Å²) in [5.74, 6) is 2.45. The number of halogens is 1. The number of guanidine groups is 1. The summed E-state index contributed by atoms with van der Waals surface area (Å²) >= 11 is 1.89. The molecular formula is C17H30IN3OS. The SMILES string of the molecule is CCNC(=NCc1cc(C)c(O)c(C)c1)NCCCCSC.I. The highest BCUT2D eigenvalue weighted by molar-refractivity contribution is 14.0. The molecule has 0 aliphatic heterocycles. The molecule has 0 bridgehead atoms. The van der Waals surface area contributed by atoms with Gasteiger partial charge in [0, 0.05) is 13.1 Å². The van der Waals surface area contributed by atoms with Gasteiger partial charge in [-0.15, -0.1) is 24.0 Å². The van der Waals surface area contributed by atoms with Gasteiger partial charge in [0.15, 0.2) is 5.96 Å². The Morgan fingerprint density at radius 1 is 1.17 bits per heavy atom. The van der Waals surface area contributed by atoms with Crippen LogP contribution in [0.15, 0.2) is 17.1 Å². The zero-order valence-corrected chi connectivity index (χ0v) is 17.8. The number of nitrogens with zero attached hydrogens (tertiary/aromatic N) is 1. The lowest BCUT2D eigenvalue weighted by Gasteiger charge is -2.12. The predicted octanol–water partition coefficient (Wildman–Crippen LogP) is 3.83. The number of benzene rings is 1. The molecular weight excluding hydrogens is 421 g/mol. The van der Waals surface area contributed by atoms with E-state index in [2.05, 4.69) is 28.8 Å². The van der Waals surface area contributed by atoms with Gasteiger partial charge < -0.3 is 15.7 Å². The number of phenols is 1. The lowest BCUT2D eigenvalue weighted by molar-refractivity contribution is 0.466. The van der Waals surface area contributed by atoms with Gasteiger partial charge >= 0.3 is 0 Å². The smallest absolute Gasteiger partial charge is 0.191 e. The van der Waals surface area contributed by atoms with Crippen molar-refractivity contribution in [1.82, 2.24) is 10.6 Å². The standard InChI is InChI=1S/C17H29N3OS.HI/c1-5-18-17(19-8-6-7-9-22-4)20-12-15-10-13(2)16(21)14(3)11-15;/h10-11,21H,5-9,12H2,1-4H3,(H2,18,19,20);1H. The molecule has 1 rings (SSSR count). The van der Waals surface area contributed by atoms with E-state index in [4.69, 9.17) is 0 Å². The highest BCUT2D eigenvalue weighted by Gasteiger charge is 2.03. The van der Waals surface area contributed by atoms with Gasteiger partial charge in [-0.3, -0.25) is 0 Å². The molecule has 0 aliphatic rings. The fourth-order valence-corrected chi connectivity index (χ4v) is 2.72. The topological polar surface area (TPSA) is 56.7 Å². The Morgan fingerprint density at radius 2 is 1.83 bits per heavy atom. The average molecular weight is 451 g/mol. The van der Waals surface area contributed by atoms with Crippen molar-refractivity contribution >= 4 is 41.7 Å². The van der Waals surface area contributed by atoms with Gasteiger partial charge in [0.25, 0.3) is 0 Å². The summed E-state index contributed by atoms with van der Waals surface area (Å²) in [6.45, 7) is 8.32. The number of hydrogen-bond acceptors (Lipinski definition) is 3. The maximum absolute atomic E-state index is 9.82. The number of unbranched alkanes of at least 4 members (excludes halogenated alkanes) is 1.